The van der Waals surface area contributed by atoms with E-state index in [9.17, 15) is 24.3 Å². The lowest BCUT2D eigenvalue weighted by Crippen LogP contribution is -2.33. The number of hydrogen-bond donors (Lipinski definition) is 1. The van der Waals surface area contributed by atoms with Crippen molar-refractivity contribution >= 4 is 28.3 Å². The van der Waals surface area contributed by atoms with Gasteiger partial charge in [0, 0.05) is 10.8 Å². The van der Waals surface area contributed by atoms with Crippen LogP contribution in [0, 0.1) is 0 Å². The topological polar surface area (TPSA) is 128 Å². The molecule has 0 aromatic heterocycles. The fraction of sp³-hybridized carbons (Fsp3) is 0.0417. The molecule has 0 unspecified atom stereocenters. The first kappa shape index (κ1) is 20.3. The van der Waals surface area contributed by atoms with E-state index in [4.69, 9.17) is 4.84 Å². The average molecular weight is 440 g/mol. The molecule has 33 heavy (non-hydrogen) atoms. The Morgan fingerprint density at radius 3 is 2.39 bits per heavy atom. The highest BCUT2D eigenvalue weighted by molar-refractivity contribution is 6.22. The lowest BCUT2D eigenvalue weighted by Gasteiger charge is -2.13. The Kier molecular flexibility index (Phi) is 4.80. The summed E-state index contributed by atoms with van der Waals surface area (Å²) in [6, 6.07) is 17.1. The number of nitrogens with zero attached hydrogens (tertiary/aromatic N) is 2. The zero-order valence-corrected chi connectivity index (χ0v) is 16.9. The Labute approximate surface area is 185 Å². The van der Waals surface area contributed by atoms with E-state index in [0.717, 1.165) is 11.6 Å². The molecule has 4 aromatic rings. The molecule has 0 spiro atoms. The van der Waals surface area contributed by atoms with E-state index in [-0.39, 0.29) is 34.2 Å². The molecule has 0 aliphatic carbocycles. The molecule has 2 amide bonds. The summed E-state index contributed by atoms with van der Waals surface area (Å²) in [6.07, 6.45) is 0. The molecule has 1 aliphatic rings. The van der Waals surface area contributed by atoms with Gasteiger partial charge in [0.1, 0.15) is 6.61 Å². The van der Waals surface area contributed by atoms with Crippen molar-refractivity contribution in [3.8, 4) is 5.75 Å². The quantitative estimate of drug-likeness (QED) is 0.364. The monoisotopic (exact) mass is 440 g/mol. The van der Waals surface area contributed by atoms with Crippen LogP contribution in [0.15, 0.2) is 81.4 Å². The lowest BCUT2D eigenvalue weighted by atomic mass is 10.1. The second kappa shape index (κ2) is 7.81. The summed E-state index contributed by atoms with van der Waals surface area (Å²) >= 11 is 0. The molecule has 5 rings (SSSR count). The van der Waals surface area contributed by atoms with Gasteiger partial charge in [0.15, 0.2) is 5.36 Å². The predicted octanol–water partition coefficient (Wildman–Crippen LogP) is 1.17. The standard InChI is InChI=1S/C24H15N3O6/c28-14-9-10-15-17(11-14)22(30)20(21(15)29)26-25-18-8-4-7-16-19(18)24(32)27(23(16)31)33-12-13-5-2-1-3-6-13/h1-11,25,28H,12H2/p-1. The number of nitrogens with one attached hydrogen (secondary N) is 1. The van der Waals surface area contributed by atoms with Gasteiger partial charge in [-0.1, -0.05) is 54.6 Å². The van der Waals surface area contributed by atoms with Crippen molar-refractivity contribution in [2.24, 2.45) is 5.10 Å². The number of carbonyl (C=O) groups is 2. The van der Waals surface area contributed by atoms with Gasteiger partial charge in [-0.25, -0.2) is 0 Å². The van der Waals surface area contributed by atoms with Crippen LogP contribution < -0.4 is 26.7 Å². The maximum absolute atomic E-state index is 12.9. The first-order chi connectivity index (χ1) is 16.0. The summed E-state index contributed by atoms with van der Waals surface area (Å²) in [6.45, 7) is 0.0142. The SMILES string of the molecule is O=C1c2cccc(NN=c3c(=O)c4ccc([O-])cc4c3=O)c2C(=O)N1OCc1ccccc1. The van der Waals surface area contributed by atoms with Gasteiger partial charge in [-0.15, -0.1) is 10.8 Å². The van der Waals surface area contributed by atoms with E-state index in [2.05, 4.69) is 10.5 Å². The minimum absolute atomic E-state index is 0.0113. The third-order valence-electron chi connectivity index (χ3n) is 5.28. The Morgan fingerprint density at radius 2 is 1.61 bits per heavy atom. The van der Waals surface area contributed by atoms with Crippen molar-refractivity contribution in [3.05, 3.63) is 109 Å². The number of anilines is 1. The van der Waals surface area contributed by atoms with Crippen LogP contribution >= 0.6 is 0 Å². The van der Waals surface area contributed by atoms with Crippen LogP contribution in [0.1, 0.15) is 26.3 Å². The van der Waals surface area contributed by atoms with E-state index in [1.54, 1.807) is 12.1 Å². The molecular formula is C24H14N3O6-. The molecule has 4 aromatic carbocycles. The maximum atomic E-state index is 12.9. The van der Waals surface area contributed by atoms with E-state index < -0.39 is 33.8 Å². The summed E-state index contributed by atoms with van der Waals surface area (Å²) < 4.78 is 0. The second-order valence-electron chi connectivity index (χ2n) is 7.33. The Morgan fingerprint density at radius 1 is 0.848 bits per heavy atom. The zero-order valence-electron chi connectivity index (χ0n) is 16.9. The third-order valence-corrected chi connectivity index (χ3v) is 5.28. The normalized spacial score (nSPS) is 13.7. The molecule has 1 aliphatic heterocycles. The van der Waals surface area contributed by atoms with Gasteiger partial charge < -0.3 is 5.11 Å². The molecule has 1 heterocycles. The third kappa shape index (κ3) is 3.36. The van der Waals surface area contributed by atoms with Crippen molar-refractivity contribution in [2.75, 3.05) is 5.43 Å². The molecule has 9 heteroatoms. The smallest absolute Gasteiger partial charge is 0.288 e. The molecule has 0 atom stereocenters. The van der Waals surface area contributed by atoms with Gasteiger partial charge in [0.05, 0.1) is 16.8 Å². The number of rotatable bonds is 5. The van der Waals surface area contributed by atoms with E-state index in [1.165, 1.54) is 30.3 Å². The molecule has 0 bridgehead atoms. The fourth-order valence-electron chi connectivity index (χ4n) is 3.67. The predicted molar refractivity (Wildman–Crippen MR) is 116 cm³/mol. The van der Waals surface area contributed by atoms with Crippen molar-refractivity contribution in [2.45, 2.75) is 6.61 Å². The van der Waals surface area contributed by atoms with E-state index in [0.29, 0.717) is 5.06 Å². The molecule has 0 saturated heterocycles. The minimum Gasteiger partial charge on any atom is -0.872 e. The number of carbonyl (C=O) groups excluding carboxylic acids is 2. The Bertz CT molecular complexity index is 1590. The van der Waals surface area contributed by atoms with Crippen LogP contribution in [0.2, 0.25) is 0 Å². The van der Waals surface area contributed by atoms with Crippen molar-refractivity contribution < 1.29 is 19.5 Å². The Hall–Kier alpha value is -4.63. The summed E-state index contributed by atoms with van der Waals surface area (Å²) in [7, 11) is 0. The first-order valence-corrected chi connectivity index (χ1v) is 9.88. The second-order valence-corrected chi connectivity index (χ2v) is 7.33. The molecule has 0 fully saturated rings. The lowest BCUT2D eigenvalue weighted by molar-refractivity contribution is -0.268. The number of hydrogen-bond acceptors (Lipinski definition) is 8. The first-order valence-electron chi connectivity index (χ1n) is 9.88. The molecular weight excluding hydrogens is 426 g/mol. The van der Waals surface area contributed by atoms with Gasteiger partial charge in [0.25, 0.3) is 11.8 Å². The summed E-state index contributed by atoms with van der Waals surface area (Å²) in [5.41, 5.74) is 2.25. The fourth-order valence-corrected chi connectivity index (χ4v) is 3.67. The van der Waals surface area contributed by atoms with Crippen LogP contribution in [0.25, 0.3) is 10.8 Å². The number of imide groups is 1. The van der Waals surface area contributed by atoms with Gasteiger partial charge in [-0.2, -0.15) is 5.10 Å². The maximum Gasteiger partial charge on any atom is 0.288 e. The summed E-state index contributed by atoms with van der Waals surface area (Å²) in [5.74, 6) is -1.73. The highest BCUT2D eigenvalue weighted by Gasteiger charge is 2.39. The molecule has 0 saturated carbocycles. The highest BCUT2D eigenvalue weighted by Crippen LogP contribution is 2.30. The molecule has 162 valence electrons. The van der Waals surface area contributed by atoms with Crippen molar-refractivity contribution in [1.29, 1.82) is 0 Å². The van der Waals surface area contributed by atoms with Crippen LogP contribution in [-0.2, 0) is 11.4 Å². The van der Waals surface area contributed by atoms with Crippen molar-refractivity contribution in [3.63, 3.8) is 0 Å². The van der Waals surface area contributed by atoms with Crippen LogP contribution in [0.4, 0.5) is 5.69 Å². The van der Waals surface area contributed by atoms with Crippen LogP contribution in [0.3, 0.4) is 0 Å². The average Bonchev–Trinajstić information content (AvgIpc) is 3.21. The van der Waals surface area contributed by atoms with Gasteiger partial charge in [-0.3, -0.25) is 29.4 Å². The zero-order chi connectivity index (χ0) is 23.1. The number of benzene rings is 3. The number of amides is 2. The van der Waals surface area contributed by atoms with Crippen LogP contribution in [-0.4, -0.2) is 16.9 Å². The van der Waals surface area contributed by atoms with Gasteiger partial charge in [-0.05, 0) is 17.7 Å². The summed E-state index contributed by atoms with van der Waals surface area (Å²) in [5, 5.41) is 15.8. The highest BCUT2D eigenvalue weighted by atomic mass is 16.7. The largest absolute Gasteiger partial charge is 0.872 e. The van der Waals surface area contributed by atoms with Gasteiger partial charge in [0.2, 0.25) is 10.9 Å². The van der Waals surface area contributed by atoms with Crippen LogP contribution in [0.5, 0.6) is 5.75 Å². The minimum atomic E-state index is -0.697. The number of hydroxylamine groups is 2. The molecule has 9 nitrogen and oxygen atoms in total. The molecule has 0 radical (unpaired) electrons. The summed E-state index contributed by atoms with van der Waals surface area (Å²) in [4.78, 5) is 56.1. The van der Waals surface area contributed by atoms with Crippen molar-refractivity contribution in [1.82, 2.24) is 5.06 Å². The van der Waals surface area contributed by atoms with E-state index >= 15 is 0 Å². The van der Waals surface area contributed by atoms with Gasteiger partial charge >= 0.3 is 0 Å². The Balaban J connectivity index is 1.47. The molecule has 1 N–H and O–H groups in total. The van der Waals surface area contributed by atoms with E-state index in [1.807, 2.05) is 18.2 Å². The number of fused-ring (bicyclic) bond motifs is 2.